The van der Waals surface area contributed by atoms with Gasteiger partial charge in [-0.2, -0.15) is 5.10 Å². The highest BCUT2D eigenvalue weighted by molar-refractivity contribution is 5.31. The first-order chi connectivity index (χ1) is 8.17. The highest BCUT2D eigenvalue weighted by atomic mass is 15.3. The molecule has 96 valence electrons. The lowest BCUT2D eigenvalue weighted by atomic mass is 9.75. The van der Waals surface area contributed by atoms with Crippen LogP contribution < -0.4 is 5.32 Å². The number of hydrogen-bond donors (Lipinski definition) is 1. The van der Waals surface area contributed by atoms with Gasteiger partial charge >= 0.3 is 0 Å². The predicted octanol–water partition coefficient (Wildman–Crippen LogP) is 2.77. The summed E-state index contributed by atoms with van der Waals surface area (Å²) < 4.78 is 2.14. The van der Waals surface area contributed by atoms with Crippen LogP contribution in [0.5, 0.6) is 0 Å². The molecular formula is C14H25N3. The van der Waals surface area contributed by atoms with Crippen molar-refractivity contribution in [2.24, 2.45) is 0 Å². The molecule has 0 aliphatic heterocycles. The summed E-state index contributed by atoms with van der Waals surface area (Å²) in [5.74, 6) is 0.740. The topological polar surface area (TPSA) is 29.9 Å². The molecule has 0 spiro atoms. The number of rotatable bonds is 5. The maximum absolute atomic E-state index is 4.62. The Morgan fingerprint density at radius 2 is 2.00 bits per heavy atom. The Morgan fingerprint density at radius 3 is 2.53 bits per heavy atom. The SMILES string of the molecule is CCCNC1CC(c2c(C)nn(CC)c2C)C1. The van der Waals surface area contributed by atoms with Crippen LogP contribution in [0, 0.1) is 13.8 Å². The van der Waals surface area contributed by atoms with E-state index in [-0.39, 0.29) is 0 Å². The van der Waals surface area contributed by atoms with Gasteiger partial charge in [0.25, 0.3) is 0 Å². The van der Waals surface area contributed by atoms with E-state index in [9.17, 15) is 0 Å². The van der Waals surface area contributed by atoms with Crippen LogP contribution in [0.4, 0.5) is 0 Å². The Balaban J connectivity index is 1.99. The number of nitrogens with one attached hydrogen (secondary N) is 1. The van der Waals surface area contributed by atoms with Crippen LogP contribution in [-0.2, 0) is 6.54 Å². The monoisotopic (exact) mass is 235 g/mol. The third kappa shape index (κ3) is 2.39. The average Bonchev–Trinajstić information content (AvgIpc) is 2.54. The molecule has 3 nitrogen and oxygen atoms in total. The molecule has 1 fully saturated rings. The Morgan fingerprint density at radius 1 is 1.29 bits per heavy atom. The van der Waals surface area contributed by atoms with Crippen molar-refractivity contribution in [2.75, 3.05) is 6.54 Å². The van der Waals surface area contributed by atoms with Crippen molar-refractivity contribution in [3.8, 4) is 0 Å². The van der Waals surface area contributed by atoms with Crippen molar-refractivity contribution in [1.29, 1.82) is 0 Å². The molecule has 0 bridgehead atoms. The van der Waals surface area contributed by atoms with Crippen LogP contribution in [-0.4, -0.2) is 22.4 Å². The first-order valence-electron chi connectivity index (χ1n) is 6.94. The summed E-state index contributed by atoms with van der Waals surface area (Å²) in [5.41, 5.74) is 4.13. The van der Waals surface area contributed by atoms with Crippen molar-refractivity contribution >= 4 is 0 Å². The summed E-state index contributed by atoms with van der Waals surface area (Å²) in [6, 6.07) is 0.740. The van der Waals surface area contributed by atoms with Gasteiger partial charge in [0.1, 0.15) is 0 Å². The molecule has 1 saturated carbocycles. The molecule has 1 aromatic heterocycles. The fourth-order valence-electron chi connectivity index (χ4n) is 2.98. The number of hydrogen-bond acceptors (Lipinski definition) is 2. The summed E-state index contributed by atoms with van der Waals surface area (Å²) in [7, 11) is 0. The zero-order valence-corrected chi connectivity index (χ0v) is 11.6. The maximum atomic E-state index is 4.62. The number of aryl methyl sites for hydroxylation is 2. The highest BCUT2D eigenvalue weighted by Gasteiger charge is 2.33. The van der Waals surface area contributed by atoms with E-state index in [0.717, 1.165) is 25.0 Å². The van der Waals surface area contributed by atoms with Crippen LogP contribution in [0.3, 0.4) is 0 Å². The van der Waals surface area contributed by atoms with Gasteiger partial charge in [0.15, 0.2) is 0 Å². The minimum absolute atomic E-state index is 0.740. The minimum atomic E-state index is 0.740. The molecule has 3 heteroatoms. The summed E-state index contributed by atoms with van der Waals surface area (Å²) in [6.45, 7) is 10.9. The molecular weight excluding hydrogens is 210 g/mol. The smallest absolute Gasteiger partial charge is 0.0631 e. The van der Waals surface area contributed by atoms with E-state index in [2.05, 4.69) is 42.8 Å². The van der Waals surface area contributed by atoms with Gasteiger partial charge < -0.3 is 5.32 Å². The molecule has 17 heavy (non-hydrogen) atoms. The zero-order valence-electron chi connectivity index (χ0n) is 11.6. The van der Waals surface area contributed by atoms with Crippen LogP contribution >= 0.6 is 0 Å². The maximum Gasteiger partial charge on any atom is 0.0631 e. The van der Waals surface area contributed by atoms with Crippen molar-refractivity contribution in [1.82, 2.24) is 15.1 Å². The summed E-state index contributed by atoms with van der Waals surface area (Å²) >= 11 is 0. The molecule has 0 atom stereocenters. The number of aromatic nitrogens is 2. The summed E-state index contributed by atoms with van der Waals surface area (Å²) in [4.78, 5) is 0. The molecule has 0 radical (unpaired) electrons. The minimum Gasteiger partial charge on any atom is -0.314 e. The predicted molar refractivity (Wildman–Crippen MR) is 71.4 cm³/mol. The largest absolute Gasteiger partial charge is 0.314 e. The van der Waals surface area contributed by atoms with E-state index in [1.807, 2.05) is 0 Å². The fraction of sp³-hybridized carbons (Fsp3) is 0.786. The summed E-state index contributed by atoms with van der Waals surface area (Å²) in [6.07, 6.45) is 3.81. The second kappa shape index (κ2) is 5.21. The van der Waals surface area contributed by atoms with E-state index >= 15 is 0 Å². The van der Waals surface area contributed by atoms with E-state index in [0.29, 0.717) is 0 Å². The van der Waals surface area contributed by atoms with E-state index < -0.39 is 0 Å². The van der Waals surface area contributed by atoms with E-state index in [4.69, 9.17) is 0 Å². The number of nitrogens with zero attached hydrogens (tertiary/aromatic N) is 2. The Bertz CT molecular complexity index is 375. The van der Waals surface area contributed by atoms with Gasteiger partial charge in [0, 0.05) is 18.3 Å². The fourth-order valence-corrected chi connectivity index (χ4v) is 2.98. The van der Waals surface area contributed by atoms with Crippen molar-refractivity contribution in [3.63, 3.8) is 0 Å². The van der Waals surface area contributed by atoms with Gasteiger partial charge in [0.2, 0.25) is 0 Å². The van der Waals surface area contributed by atoms with Crippen LogP contribution in [0.2, 0.25) is 0 Å². The van der Waals surface area contributed by atoms with Crippen LogP contribution in [0.25, 0.3) is 0 Å². The molecule has 1 aromatic rings. The van der Waals surface area contributed by atoms with Crippen LogP contribution in [0.1, 0.15) is 56.0 Å². The molecule has 0 saturated heterocycles. The first-order valence-corrected chi connectivity index (χ1v) is 6.94. The molecule has 0 amide bonds. The molecule has 2 rings (SSSR count). The molecule has 1 N–H and O–H groups in total. The third-order valence-corrected chi connectivity index (χ3v) is 3.97. The molecule has 0 unspecified atom stereocenters. The van der Waals surface area contributed by atoms with Gasteiger partial charge in [-0.15, -0.1) is 0 Å². The van der Waals surface area contributed by atoms with E-state index in [1.165, 1.54) is 36.2 Å². The second-order valence-corrected chi connectivity index (χ2v) is 5.22. The Labute approximate surface area is 105 Å². The quantitative estimate of drug-likeness (QED) is 0.850. The zero-order chi connectivity index (χ0) is 12.4. The molecule has 1 aliphatic carbocycles. The normalized spacial score (nSPS) is 23.8. The van der Waals surface area contributed by atoms with Gasteiger partial charge in [-0.25, -0.2) is 0 Å². The van der Waals surface area contributed by atoms with Crippen molar-refractivity contribution in [3.05, 3.63) is 17.0 Å². The van der Waals surface area contributed by atoms with Gasteiger partial charge in [-0.05, 0) is 58.1 Å². The molecule has 1 heterocycles. The Hall–Kier alpha value is -0.830. The van der Waals surface area contributed by atoms with Crippen LogP contribution in [0.15, 0.2) is 0 Å². The second-order valence-electron chi connectivity index (χ2n) is 5.22. The standard InChI is InChI=1S/C14H25N3/c1-5-7-15-13-8-12(9-13)14-10(3)16-17(6-2)11(14)4/h12-13,15H,5-9H2,1-4H3. The Kier molecular flexibility index (Phi) is 3.87. The average molecular weight is 235 g/mol. The van der Waals surface area contributed by atoms with E-state index in [1.54, 1.807) is 0 Å². The third-order valence-electron chi connectivity index (χ3n) is 3.97. The lowest BCUT2D eigenvalue weighted by Gasteiger charge is -2.36. The van der Waals surface area contributed by atoms with Gasteiger partial charge in [0.05, 0.1) is 5.69 Å². The lowest BCUT2D eigenvalue weighted by molar-refractivity contribution is 0.290. The summed E-state index contributed by atoms with van der Waals surface area (Å²) in [5, 5.41) is 8.22. The van der Waals surface area contributed by atoms with Crippen molar-refractivity contribution in [2.45, 2.75) is 65.5 Å². The first kappa shape index (κ1) is 12.6. The molecule has 1 aliphatic rings. The molecule has 0 aromatic carbocycles. The van der Waals surface area contributed by atoms with Gasteiger partial charge in [-0.3, -0.25) is 4.68 Å². The van der Waals surface area contributed by atoms with Crippen molar-refractivity contribution < 1.29 is 0 Å². The highest BCUT2D eigenvalue weighted by Crippen LogP contribution is 2.39. The van der Waals surface area contributed by atoms with Gasteiger partial charge in [-0.1, -0.05) is 6.92 Å². The lowest BCUT2D eigenvalue weighted by Crippen LogP contribution is -2.40.